The van der Waals surface area contributed by atoms with E-state index in [2.05, 4.69) is 16.4 Å². The summed E-state index contributed by atoms with van der Waals surface area (Å²) in [6, 6.07) is 6.06. The smallest absolute Gasteiger partial charge is 0.324 e. The molecule has 0 aliphatic carbocycles. The van der Waals surface area contributed by atoms with E-state index < -0.39 is 12.0 Å². The molecule has 1 aliphatic rings. The van der Waals surface area contributed by atoms with Gasteiger partial charge in [-0.15, -0.1) is 0 Å². The highest BCUT2D eigenvalue weighted by Crippen LogP contribution is 2.20. The summed E-state index contributed by atoms with van der Waals surface area (Å²) in [5.74, 6) is -0.910. The molecule has 0 amide bonds. The predicted octanol–water partition coefficient (Wildman–Crippen LogP) is 0.447. The van der Waals surface area contributed by atoms with E-state index in [-0.39, 0.29) is 6.04 Å². The number of carbonyl (C=O) groups is 1. The number of carboxylic acids is 1. The van der Waals surface area contributed by atoms with Crippen LogP contribution in [0.3, 0.4) is 0 Å². The van der Waals surface area contributed by atoms with E-state index in [1.54, 1.807) is 24.3 Å². The van der Waals surface area contributed by atoms with Gasteiger partial charge in [-0.25, -0.2) is 10.9 Å². The number of nitrogens with one attached hydrogen (secondary N) is 3. The fraction of sp³-hybridized carbons (Fsp3) is 0.222. The van der Waals surface area contributed by atoms with Crippen LogP contribution in [0.15, 0.2) is 24.3 Å². The van der Waals surface area contributed by atoms with Crippen LogP contribution in [0.25, 0.3) is 0 Å². The molecule has 1 heterocycles. The number of halogens is 1. The van der Waals surface area contributed by atoms with Gasteiger partial charge in [0, 0.05) is 5.02 Å². The van der Waals surface area contributed by atoms with E-state index in [4.69, 9.17) is 16.7 Å². The molecule has 0 saturated carbocycles. The molecule has 2 atom stereocenters. The van der Waals surface area contributed by atoms with Crippen LogP contribution in [0, 0.1) is 0 Å². The summed E-state index contributed by atoms with van der Waals surface area (Å²) >= 11 is 5.75. The molecule has 0 spiro atoms. The van der Waals surface area contributed by atoms with Gasteiger partial charge in [0.1, 0.15) is 6.04 Å². The van der Waals surface area contributed by atoms with Crippen LogP contribution in [0.4, 0.5) is 0 Å². The number of benzene rings is 1. The lowest BCUT2D eigenvalue weighted by molar-refractivity contribution is -0.139. The van der Waals surface area contributed by atoms with Crippen molar-refractivity contribution in [2.45, 2.75) is 12.1 Å². The average Bonchev–Trinajstić information content (AvgIpc) is 2.67. The number of hydrogen-bond donors (Lipinski definition) is 4. The minimum Gasteiger partial charge on any atom is -0.480 e. The molecular formula is C9H10ClN3O2. The second kappa shape index (κ2) is 4.16. The van der Waals surface area contributed by atoms with Crippen molar-refractivity contribution < 1.29 is 9.90 Å². The van der Waals surface area contributed by atoms with Crippen molar-refractivity contribution in [3.63, 3.8) is 0 Å². The Labute approximate surface area is 91.4 Å². The van der Waals surface area contributed by atoms with Crippen molar-refractivity contribution in [3.05, 3.63) is 34.9 Å². The molecule has 2 rings (SSSR count). The highest BCUT2D eigenvalue weighted by atomic mass is 35.5. The maximum Gasteiger partial charge on any atom is 0.324 e. The Morgan fingerprint density at radius 3 is 2.53 bits per heavy atom. The fourth-order valence-corrected chi connectivity index (χ4v) is 1.64. The lowest BCUT2D eigenvalue weighted by Crippen LogP contribution is -2.38. The highest BCUT2D eigenvalue weighted by Gasteiger charge is 2.33. The van der Waals surface area contributed by atoms with Gasteiger partial charge in [0.15, 0.2) is 0 Å². The van der Waals surface area contributed by atoms with Gasteiger partial charge in [-0.1, -0.05) is 23.7 Å². The zero-order valence-electron chi connectivity index (χ0n) is 7.70. The van der Waals surface area contributed by atoms with Crippen molar-refractivity contribution in [1.29, 1.82) is 0 Å². The number of hydrazine groups is 2. The van der Waals surface area contributed by atoms with Crippen molar-refractivity contribution in [2.24, 2.45) is 0 Å². The molecule has 4 N–H and O–H groups in total. The van der Waals surface area contributed by atoms with E-state index in [9.17, 15) is 4.79 Å². The summed E-state index contributed by atoms with van der Waals surface area (Å²) in [7, 11) is 0. The molecule has 80 valence electrons. The van der Waals surface area contributed by atoms with Gasteiger partial charge >= 0.3 is 5.97 Å². The molecule has 6 heteroatoms. The van der Waals surface area contributed by atoms with E-state index in [0.717, 1.165) is 5.56 Å². The molecule has 1 saturated heterocycles. The quantitative estimate of drug-likeness (QED) is 0.590. The maximum atomic E-state index is 10.9. The van der Waals surface area contributed by atoms with Crippen LogP contribution in [0.2, 0.25) is 5.02 Å². The fourth-order valence-electron chi connectivity index (χ4n) is 1.51. The van der Waals surface area contributed by atoms with Crippen LogP contribution >= 0.6 is 11.6 Å². The molecule has 2 unspecified atom stereocenters. The summed E-state index contributed by atoms with van der Waals surface area (Å²) in [6.07, 6.45) is 0. The standard InChI is InChI=1S/C9H10ClN3O2/c10-6-3-1-5(2-4-6)7-8(9(14)15)12-13-11-7/h1-4,7-8,11-13H,(H,14,15). The van der Waals surface area contributed by atoms with Gasteiger partial charge in [0.25, 0.3) is 0 Å². The van der Waals surface area contributed by atoms with Crippen LogP contribution in [0.5, 0.6) is 0 Å². The summed E-state index contributed by atoms with van der Waals surface area (Å²) < 4.78 is 0. The Bertz CT molecular complexity index is 368. The molecule has 1 aromatic carbocycles. The van der Waals surface area contributed by atoms with Gasteiger partial charge in [-0.2, -0.15) is 5.53 Å². The third-order valence-electron chi connectivity index (χ3n) is 2.28. The largest absolute Gasteiger partial charge is 0.480 e. The Hall–Kier alpha value is -1.14. The summed E-state index contributed by atoms with van der Waals surface area (Å²) in [5, 5.41) is 9.56. The molecule has 5 nitrogen and oxygen atoms in total. The van der Waals surface area contributed by atoms with Crippen LogP contribution < -0.4 is 16.4 Å². The van der Waals surface area contributed by atoms with Crippen LogP contribution in [-0.2, 0) is 4.79 Å². The summed E-state index contributed by atoms with van der Waals surface area (Å²) in [6.45, 7) is 0. The van der Waals surface area contributed by atoms with Gasteiger partial charge in [-0.3, -0.25) is 4.79 Å². The lowest BCUT2D eigenvalue weighted by atomic mass is 10.0. The van der Waals surface area contributed by atoms with Gasteiger partial charge in [0.2, 0.25) is 0 Å². The number of aliphatic carboxylic acids is 1. The Morgan fingerprint density at radius 2 is 1.93 bits per heavy atom. The van der Waals surface area contributed by atoms with Crippen LogP contribution in [0.1, 0.15) is 11.6 Å². The van der Waals surface area contributed by atoms with Gasteiger partial charge < -0.3 is 5.11 Å². The lowest BCUT2D eigenvalue weighted by Gasteiger charge is -2.14. The zero-order chi connectivity index (χ0) is 10.8. The monoisotopic (exact) mass is 227 g/mol. The minimum absolute atomic E-state index is 0.306. The minimum atomic E-state index is -0.910. The van der Waals surface area contributed by atoms with Crippen molar-refractivity contribution >= 4 is 17.6 Å². The summed E-state index contributed by atoms with van der Waals surface area (Å²) in [5.41, 5.74) is 8.93. The third kappa shape index (κ3) is 2.10. The molecule has 0 aromatic heterocycles. The first-order chi connectivity index (χ1) is 7.18. The number of rotatable bonds is 2. The predicted molar refractivity (Wildman–Crippen MR) is 55.0 cm³/mol. The second-order valence-corrected chi connectivity index (χ2v) is 3.70. The maximum absolute atomic E-state index is 10.9. The Balaban J connectivity index is 2.22. The SMILES string of the molecule is O=C(O)C1NNNC1c1ccc(Cl)cc1. The van der Waals surface area contributed by atoms with Gasteiger partial charge in [-0.05, 0) is 17.7 Å². The van der Waals surface area contributed by atoms with Gasteiger partial charge in [0.05, 0.1) is 6.04 Å². The molecule has 0 bridgehead atoms. The van der Waals surface area contributed by atoms with E-state index >= 15 is 0 Å². The first-order valence-corrected chi connectivity index (χ1v) is 4.80. The highest BCUT2D eigenvalue weighted by molar-refractivity contribution is 6.30. The Kier molecular flexibility index (Phi) is 2.88. The topological polar surface area (TPSA) is 73.4 Å². The van der Waals surface area contributed by atoms with E-state index in [1.807, 2.05) is 0 Å². The summed E-state index contributed by atoms with van der Waals surface area (Å²) in [4.78, 5) is 10.9. The van der Waals surface area contributed by atoms with E-state index in [1.165, 1.54) is 0 Å². The average molecular weight is 228 g/mol. The Morgan fingerprint density at radius 1 is 1.27 bits per heavy atom. The molecule has 0 radical (unpaired) electrons. The normalized spacial score (nSPS) is 25.4. The first-order valence-electron chi connectivity index (χ1n) is 4.43. The first kappa shape index (κ1) is 10.4. The third-order valence-corrected chi connectivity index (χ3v) is 2.54. The van der Waals surface area contributed by atoms with Crippen LogP contribution in [-0.4, -0.2) is 17.1 Å². The molecule has 15 heavy (non-hydrogen) atoms. The molecular weight excluding hydrogens is 218 g/mol. The zero-order valence-corrected chi connectivity index (χ0v) is 8.45. The number of carboxylic acid groups (broad SMARTS) is 1. The van der Waals surface area contributed by atoms with Crippen molar-refractivity contribution in [1.82, 2.24) is 16.4 Å². The second-order valence-electron chi connectivity index (χ2n) is 3.26. The molecule has 1 aliphatic heterocycles. The van der Waals surface area contributed by atoms with Crippen molar-refractivity contribution in [2.75, 3.05) is 0 Å². The molecule has 1 aromatic rings. The van der Waals surface area contributed by atoms with Crippen molar-refractivity contribution in [3.8, 4) is 0 Å². The number of hydrogen-bond acceptors (Lipinski definition) is 4. The molecule has 1 fully saturated rings. The van der Waals surface area contributed by atoms with E-state index in [0.29, 0.717) is 5.02 Å².